The van der Waals surface area contributed by atoms with Gasteiger partial charge in [0.2, 0.25) is 0 Å². The second-order valence-corrected chi connectivity index (χ2v) is 11.2. The molecule has 2 aliphatic rings. The molecule has 0 bridgehead atoms. The van der Waals surface area contributed by atoms with Crippen molar-refractivity contribution in [1.29, 1.82) is 0 Å². The maximum Gasteiger partial charge on any atom is 0.160 e. The number of amidine groups is 1. The highest BCUT2D eigenvalue weighted by atomic mass is 79.9. The summed E-state index contributed by atoms with van der Waals surface area (Å²) >= 11 is 11.1. The van der Waals surface area contributed by atoms with E-state index in [4.69, 9.17) is 16.6 Å². The van der Waals surface area contributed by atoms with Crippen molar-refractivity contribution in [3.8, 4) is 0 Å². The number of aliphatic imine (C=N–C) groups is 1. The van der Waals surface area contributed by atoms with E-state index in [0.29, 0.717) is 11.6 Å². The predicted molar refractivity (Wildman–Crippen MR) is 116 cm³/mol. The average molecular weight is 486 g/mol. The van der Waals surface area contributed by atoms with E-state index < -0.39 is 9.84 Å². The molecule has 0 aliphatic carbocycles. The van der Waals surface area contributed by atoms with Crippen LogP contribution in [0.4, 0.5) is 0 Å². The minimum Gasteiger partial charge on any atom is -0.341 e. The minimum atomic E-state index is -3.02. The lowest BCUT2D eigenvalue weighted by atomic mass is 10.1. The predicted octanol–water partition coefficient (Wildman–Crippen LogP) is 4.37. The van der Waals surface area contributed by atoms with Crippen LogP contribution in [-0.2, 0) is 22.1 Å². The Morgan fingerprint density at radius 3 is 2.44 bits per heavy atom. The molecule has 2 aromatic carbocycles. The van der Waals surface area contributed by atoms with Crippen molar-refractivity contribution in [3.05, 3.63) is 69.2 Å². The molecule has 4 nitrogen and oxygen atoms in total. The fourth-order valence-corrected chi connectivity index (χ4v) is 6.74. The van der Waals surface area contributed by atoms with Gasteiger partial charge < -0.3 is 4.90 Å². The molecule has 0 aromatic heterocycles. The highest BCUT2D eigenvalue weighted by molar-refractivity contribution is 9.10. The summed E-state index contributed by atoms with van der Waals surface area (Å²) in [5.74, 6) is 1.13. The highest BCUT2D eigenvalue weighted by Crippen LogP contribution is 2.33. The largest absolute Gasteiger partial charge is 0.341 e. The van der Waals surface area contributed by atoms with Crippen LogP contribution in [0.1, 0.15) is 11.1 Å². The molecular weight excluding hydrogens is 468 g/mol. The van der Waals surface area contributed by atoms with Gasteiger partial charge in [-0.25, -0.2) is 8.42 Å². The zero-order chi connectivity index (χ0) is 19.0. The first-order valence-electron chi connectivity index (χ1n) is 8.56. The van der Waals surface area contributed by atoms with Gasteiger partial charge in [0.1, 0.15) is 0 Å². The average Bonchev–Trinajstić information content (AvgIpc) is 3.09. The molecule has 0 radical (unpaired) electrons. The number of hydrogen-bond donors (Lipinski definition) is 0. The molecule has 0 N–H and O–H groups in total. The minimum absolute atomic E-state index is 0.0712. The van der Waals surface area contributed by atoms with Crippen LogP contribution in [-0.4, -0.2) is 42.1 Å². The molecule has 142 valence electrons. The van der Waals surface area contributed by atoms with Gasteiger partial charge in [-0.05, 0) is 35.4 Å². The quantitative estimate of drug-likeness (QED) is 0.645. The van der Waals surface area contributed by atoms with Crippen LogP contribution in [0.15, 0.2) is 58.0 Å². The van der Waals surface area contributed by atoms with Gasteiger partial charge in [0.25, 0.3) is 0 Å². The smallest absolute Gasteiger partial charge is 0.160 e. The lowest BCUT2D eigenvalue weighted by molar-refractivity contribution is 0.343. The van der Waals surface area contributed by atoms with Crippen molar-refractivity contribution < 1.29 is 8.42 Å². The normalized spacial score (nSPS) is 23.3. The van der Waals surface area contributed by atoms with Crippen molar-refractivity contribution in [2.45, 2.75) is 24.4 Å². The van der Waals surface area contributed by atoms with Gasteiger partial charge in [0.05, 0.1) is 23.6 Å². The van der Waals surface area contributed by atoms with Gasteiger partial charge in [0.15, 0.2) is 15.0 Å². The zero-order valence-electron chi connectivity index (χ0n) is 14.4. The molecule has 0 spiro atoms. The van der Waals surface area contributed by atoms with Crippen molar-refractivity contribution >= 4 is 54.3 Å². The molecular formula is C19H18BrClN2O2S2. The molecule has 0 saturated carbocycles. The number of nitrogens with zero attached hydrogens (tertiary/aromatic N) is 2. The van der Waals surface area contributed by atoms with Crippen molar-refractivity contribution in [1.82, 2.24) is 4.90 Å². The molecule has 8 heteroatoms. The summed E-state index contributed by atoms with van der Waals surface area (Å²) in [5, 5.41) is 1.62. The lowest BCUT2D eigenvalue weighted by Crippen LogP contribution is -2.38. The molecule has 1 saturated heterocycles. The molecule has 4 rings (SSSR count). The molecule has 2 aromatic rings. The summed E-state index contributed by atoms with van der Waals surface area (Å²) in [6.07, 6.45) is 0. The number of benzene rings is 2. The Morgan fingerprint density at radius 2 is 1.74 bits per heavy atom. The van der Waals surface area contributed by atoms with Crippen molar-refractivity contribution in [2.75, 3.05) is 11.5 Å². The number of halogens is 2. The van der Waals surface area contributed by atoms with Crippen LogP contribution in [0.5, 0.6) is 0 Å². The van der Waals surface area contributed by atoms with Crippen molar-refractivity contribution in [3.63, 3.8) is 0 Å². The van der Waals surface area contributed by atoms with Gasteiger partial charge in [-0.1, -0.05) is 63.6 Å². The molecule has 0 unspecified atom stereocenters. The first kappa shape index (κ1) is 19.3. The third-order valence-electron chi connectivity index (χ3n) is 4.76. The van der Waals surface area contributed by atoms with E-state index in [1.807, 2.05) is 36.4 Å². The number of fused-ring (bicyclic) bond motifs is 1. The highest BCUT2D eigenvalue weighted by Gasteiger charge is 2.46. The molecule has 2 heterocycles. The number of rotatable bonds is 4. The second kappa shape index (κ2) is 7.78. The SMILES string of the molecule is O=S1(=O)C[C@@H]2N=C(SCc3ccc(Br)cc3)N(Cc3ccc(Cl)cc3)[C@H]2C1. The summed E-state index contributed by atoms with van der Waals surface area (Å²) in [4.78, 5) is 6.92. The van der Waals surface area contributed by atoms with Gasteiger partial charge in [0, 0.05) is 21.8 Å². The summed E-state index contributed by atoms with van der Waals surface area (Å²) in [6.45, 7) is 0.639. The summed E-state index contributed by atoms with van der Waals surface area (Å²) in [7, 11) is -3.02. The van der Waals surface area contributed by atoms with Gasteiger partial charge in [-0.2, -0.15) is 0 Å². The zero-order valence-corrected chi connectivity index (χ0v) is 18.4. The van der Waals surface area contributed by atoms with E-state index in [0.717, 1.165) is 21.0 Å². The van der Waals surface area contributed by atoms with E-state index in [1.165, 1.54) is 5.56 Å². The Kier molecular flexibility index (Phi) is 5.56. The second-order valence-electron chi connectivity index (χ2n) is 6.79. The van der Waals surface area contributed by atoms with E-state index in [2.05, 4.69) is 33.0 Å². The molecule has 2 aliphatic heterocycles. The van der Waals surface area contributed by atoms with Crippen LogP contribution >= 0.6 is 39.3 Å². The lowest BCUT2D eigenvalue weighted by Gasteiger charge is -2.26. The van der Waals surface area contributed by atoms with E-state index in [9.17, 15) is 8.42 Å². The van der Waals surface area contributed by atoms with E-state index in [-0.39, 0.29) is 23.6 Å². The Morgan fingerprint density at radius 1 is 1.07 bits per heavy atom. The van der Waals surface area contributed by atoms with Crippen LogP contribution < -0.4 is 0 Å². The standard InChI is InChI=1S/C19H18BrClN2O2S2/c20-15-5-1-14(2-6-15)10-26-19-22-17-11-27(24,25)12-18(17)23(19)9-13-3-7-16(21)8-4-13/h1-8,17-18H,9-12H2/t17-,18-/m0/s1. The monoisotopic (exact) mass is 484 g/mol. The third kappa shape index (κ3) is 4.53. The Balaban J connectivity index is 1.53. The Labute approximate surface area is 177 Å². The molecule has 27 heavy (non-hydrogen) atoms. The number of thioether (sulfide) groups is 1. The maximum absolute atomic E-state index is 12.1. The molecule has 1 fully saturated rings. The first-order valence-corrected chi connectivity index (χ1v) is 12.5. The van der Waals surface area contributed by atoms with Gasteiger partial charge >= 0.3 is 0 Å². The maximum atomic E-state index is 12.1. The van der Waals surface area contributed by atoms with Crippen molar-refractivity contribution in [2.24, 2.45) is 4.99 Å². The van der Waals surface area contributed by atoms with Gasteiger partial charge in [-0.3, -0.25) is 4.99 Å². The fourth-order valence-electron chi connectivity index (χ4n) is 3.41. The third-order valence-corrected chi connectivity index (χ3v) is 8.32. The molecule has 2 atom stereocenters. The van der Waals surface area contributed by atoms with Gasteiger partial charge in [-0.15, -0.1) is 0 Å². The van der Waals surface area contributed by atoms with Crippen LogP contribution in [0.3, 0.4) is 0 Å². The van der Waals surface area contributed by atoms with Crippen LogP contribution in [0.2, 0.25) is 5.02 Å². The number of sulfone groups is 1. The Hall–Kier alpha value is -1.02. The molecule has 0 amide bonds. The summed E-state index contributed by atoms with van der Waals surface area (Å²) < 4.78 is 25.2. The number of hydrogen-bond acceptors (Lipinski definition) is 5. The van der Waals surface area contributed by atoms with E-state index >= 15 is 0 Å². The fraction of sp³-hybridized carbons (Fsp3) is 0.316. The first-order chi connectivity index (χ1) is 12.9. The van der Waals surface area contributed by atoms with Crippen LogP contribution in [0.25, 0.3) is 0 Å². The summed E-state index contributed by atoms with van der Waals surface area (Å²) in [6, 6.07) is 15.7. The van der Waals surface area contributed by atoms with E-state index in [1.54, 1.807) is 11.8 Å². The van der Waals surface area contributed by atoms with Crippen LogP contribution in [0, 0.1) is 0 Å². The topological polar surface area (TPSA) is 49.7 Å². The Bertz CT molecular complexity index is 962. The summed E-state index contributed by atoms with van der Waals surface area (Å²) in [5.41, 5.74) is 2.31.